The number of carbonyl (C=O) groups is 1. The number of aliphatic carboxylic acids is 1. The van der Waals surface area contributed by atoms with Gasteiger partial charge in [0.2, 0.25) is 0 Å². The molecule has 1 aliphatic rings. The number of thiazole rings is 1. The van der Waals surface area contributed by atoms with Crippen molar-refractivity contribution >= 4 is 28.1 Å². The smallest absolute Gasteiger partial charge is 0.326 e. The average Bonchev–Trinajstić information content (AvgIpc) is 2.94. The highest BCUT2D eigenvalue weighted by atomic mass is 32.1. The van der Waals surface area contributed by atoms with Crippen LogP contribution in [0.1, 0.15) is 11.7 Å². The number of aromatic nitrogens is 1. The molecular weight excluding hydrogens is 294 g/mol. The number of benzene rings is 1. The number of anilines is 2. The van der Waals surface area contributed by atoms with Gasteiger partial charge < -0.3 is 25.6 Å². The van der Waals surface area contributed by atoms with Crippen LogP contribution in [-0.4, -0.2) is 29.3 Å². The summed E-state index contributed by atoms with van der Waals surface area (Å²) in [5, 5.41) is 14.1. The minimum Gasteiger partial charge on any atom is -0.486 e. The van der Waals surface area contributed by atoms with E-state index < -0.39 is 12.0 Å². The molecule has 0 bridgehead atoms. The van der Waals surface area contributed by atoms with Crippen LogP contribution in [0.15, 0.2) is 23.6 Å². The molecule has 1 unspecified atom stereocenters. The number of nitrogens with one attached hydrogen (secondary N) is 1. The second kappa shape index (κ2) is 5.58. The maximum absolute atomic E-state index is 10.8. The first-order valence-electron chi connectivity index (χ1n) is 6.24. The van der Waals surface area contributed by atoms with E-state index in [1.807, 2.05) is 18.2 Å². The van der Waals surface area contributed by atoms with Crippen LogP contribution in [0.2, 0.25) is 0 Å². The number of nitrogens with two attached hydrogens (primary N) is 1. The van der Waals surface area contributed by atoms with Crippen LogP contribution in [0, 0.1) is 0 Å². The number of ether oxygens (including phenoxy) is 2. The van der Waals surface area contributed by atoms with Crippen molar-refractivity contribution in [3.05, 3.63) is 29.3 Å². The van der Waals surface area contributed by atoms with Crippen molar-refractivity contribution in [3.8, 4) is 11.5 Å². The Morgan fingerprint density at radius 2 is 2.14 bits per heavy atom. The first kappa shape index (κ1) is 13.7. The SMILES string of the molecule is NC(C(=O)O)c1csc(Nc2ccc3c(c2)OCCO3)n1. The van der Waals surface area contributed by atoms with Gasteiger partial charge in [0.1, 0.15) is 19.3 Å². The number of hydrogen-bond acceptors (Lipinski definition) is 7. The molecule has 0 saturated heterocycles. The molecule has 8 heteroatoms. The van der Waals surface area contributed by atoms with E-state index in [-0.39, 0.29) is 0 Å². The van der Waals surface area contributed by atoms with Crippen molar-refractivity contribution in [1.29, 1.82) is 0 Å². The third-order valence-corrected chi connectivity index (χ3v) is 3.68. The molecular formula is C13H13N3O4S. The molecule has 0 amide bonds. The molecule has 21 heavy (non-hydrogen) atoms. The number of carboxylic acids is 1. The Kier molecular flexibility index (Phi) is 3.63. The predicted octanol–water partition coefficient (Wildman–Crippen LogP) is 1.74. The van der Waals surface area contributed by atoms with Crippen LogP contribution in [0.3, 0.4) is 0 Å². The molecule has 0 radical (unpaired) electrons. The Labute approximate surface area is 124 Å². The minimum atomic E-state index is -1.11. The summed E-state index contributed by atoms with van der Waals surface area (Å²) in [5.41, 5.74) is 6.62. The van der Waals surface area contributed by atoms with Gasteiger partial charge in [-0.05, 0) is 12.1 Å². The maximum atomic E-state index is 10.8. The van der Waals surface area contributed by atoms with Crippen LogP contribution in [0.5, 0.6) is 11.5 Å². The van der Waals surface area contributed by atoms with Gasteiger partial charge in [-0.25, -0.2) is 4.98 Å². The highest BCUT2D eigenvalue weighted by molar-refractivity contribution is 7.13. The average molecular weight is 307 g/mol. The molecule has 0 spiro atoms. The second-order valence-electron chi connectivity index (χ2n) is 4.38. The van der Waals surface area contributed by atoms with E-state index in [1.165, 1.54) is 11.3 Å². The maximum Gasteiger partial charge on any atom is 0.326 e. The Morgan fingerprint density at radius 3 is 2.90 bits per heavy atom. The van der Waals surface area contributed by atoms with Gasteiger partial charge in [-0.1, -0.05) is 0 Å². The van der Waals surface area contributed by atoms with E-state index in [2.05, 4.69) is 10.3 Å². The number of carboxylic acid groups (broad SMARTS) is 1. The standard InChI is InChI=1S/C13H13N3O4S/c14-11(12(17)18)8-6-21-13(16-8)15-7-1-2-9-10(5-7)20-4-3-19-9/h1-2,5-6,11H,3-4,14H2,(H,15,16)(H,17,18). The normalized spacial score (nSPS) is 14.5. The third kappa shape index (κ3) is 2.91. The Morgan fingerprint density at radius 1 is 1.38 bits per heavy atom. The topological polar surface area (TPSA) is 107 Å². The van der Waals surface area contributed by atoms with Gasteiger partial charge in [-0.15, -0.1) is 11.3 Å². The molecule has 0 fully saturated rings. The number of nitrogens with zero attached hydrogens (tertiary/aromatic N) is 1. The fourth-order valence-corrected chi connectivity index (χ4v) is 2.62. The number of hydrogen-bond donors (Lipinski definition) is 3. The van der Waals surface area contributed by atoms with E-state index in [1.54, 1.807) is 5.38 Å². The number of fused-ring (bicyclic) bond motifs is 1. The van der Waals surface area contributed by atoms with Crippen LogP contribution in [0.25, 0.3) is 0 Å². The van der Waals surface area contributed by atoms with Gasteiger partial charge in [0.25, 0.3) is 0 Å². The Balaban J connectivity index is 1.76. The van der Waals surface area contributed by atoms with Gasteiger partial charge in [0.15, 0.2) is 16.6 Å². The lowest BCUT2D eigenvalue weighted by atomic mass is 10.2. The fraction of sp³-hybridized carbons (Fsp3) is 0.231. The van der Waals surface area contributed by atoms with E-state index >= 15 is 0 Å². The second-order valence-corrected chi connectivity index (χ2v) is 5.23. The summed E-state index contributed by atoms with van der Waals surface area (Å²) in [6.45, 7) is 1.06. The summed E-state index contributed by atoms with van der Waals surface area (Å²) in [7, 11) is 0. The molecule has 1 aromatic heterocycles. The van der Waals surface area contributed by atoms with Gasteiger partial charge in [-0.3, -0.25) is 4.79 Å². The number of rotatable bonds is 4. The van der Waals surface area contributed by atoms with Crippen molar-refractivity contribution in [1.82, 2.24) is 4.98 Å². The van der Waals surface area contributed by atoms with E-state index in [0.717, 1.165) is 5.69 Å². The van der Waals surface area contributed by atoms with Gasteiger partial charge in [0, 0.05) is 17.1 Å². The molecule has 4 N–H and O–H groups in total. The van der Waals surface area contributed by atoms with Crippen LogP contribution < -0.4 is 20.5 Å². The predicted molar refractivity (Wildman–Crippen MR) is 77.4 cm³/mol. The van der Waals surface area contributed by atoms with E-state index in [0.29, 0.717) is 35.5 Å². The summed E-state index contributed by atoms with van der Waals surface area (Å²) >= 11 is 1.29. The van der Waals surface area contributed by atoms with Crippen molar-refractivity contribution < 1.29 is 19.4 Å². The molecule has 1 atom stereocenters. The summed E-state index contributed by atoms with van der Waals surface area (Å²) in [6, 6.07) is 4.35. The zero-order valence-corrected chi connectivity index (χ0v) is 11.7. The fourth-order valence-electron chi connectivity index (χ4n) is 1.86. The third-order valence-electron chi connectivity index (χ3n) is 2.90. The molecule has 3 rings (SSSR count). The Hall–Kier alpha value is -2.32. The van der Waals surface area contributed by atoms with E-state index in [9.17, 15) is 4.79 Å². The molecule has 0 aliphatic carbocycles. The molecule has 110 valence electrons. The summed E-state index contributed by atoms with van der Waals surface area (Å²) < 4.78 is 10.9. The monoisotopic (exact) mass is 307 g/mol. The quantitative estimate of drug-likeness (QED) is 0.789. The van der Waals surface area contributed by atoms with E-state index in [4.69, 9.17) is 20.3 Å². The zero-order chi connectivity index (χ0) is 14.8. The lowest BCUT2D eigenvalue weighted by molar-refractivity contribution is -0.138. The first-order chi connectivity index (χ1) is 10.1. The van der Waals surface area contributed by atoms with Crippen molar-refractivity contribution in [2.75, 3.05) is 18.5 Å². The lowest BCUT2D eigenvalue weighted by Crippen LogP contribution is -2.20. The van der Waals surface area contributed by atoms with Crippen LogP contribution >= 0.6 is 11.3 Å². The highest BCUT2D eigenvalue weighted by Crippen LogP contribution is 2.34. The Bertz CT molecular complexity index is 673. The van der Waals surface area contributed by atoms with Gasteiger partial charge in [-0.2, -0.15) is 0 Å². The zero-order valence-electron chi connectivity index (χ0n) is 10.9. The van der Waals surface area contributed by atoms with Crippen molar-refractivity contribution in [2.45, 2.75) is 6.04 Å². The molecule has 2 aromatic rings. The van der Waals surface area contributed by atoms with Gasteiger partial charge >= 0.3 is 5.97 Å². The van der Waals surface area contributed by atoms with Crippen LogP contribution in [0.4, 0.5) is 10.8 Å². The minimum absolute atomic E-state index is 0.326. The summed E-state index contributed by atoms with van der Waals surface area (Å²) in [6.07, 6.45) is 0. The molecule has 2 heterocycles. The van der Waals surface area contributed by atoms with Crippen molar-refractivity contribution in [2.24, 2.45) is 5.73 Å². The first-order valence-corrected chi connectivity index (χ1v) is 7.12. The highest BCUT2D eigenvalue weighted by Gasteiger charge is 2.18. The molecule has 1 aromatic carbocycles. The summed E-state index contributed by atoms with van der Waals surface area (Å²) in [4.78, 5) is 15.0. The largest absolute Gasteiger partial charge is 0.486 e. The molecule has 0 saturated carbocycles. The lowest BCUT2D eigenvalue weighted by Gasteiger charge is -2.18. The van der Waals surface area contributed by atoms with Crippen LogP contribution in [-0.2, 0) is 4.79 Å². The molecule has 7 nitrogen and oxygen atoms in total. The molecule has 1 aliphatic heterocycles. The van der Waals surface area contributed by atoms with Gasteiger partial charge in [0.05, 0.1) is 5.69 Å². The summed E-state index contributed by atoms with van der Waals surface area (Å²) in [5.74, 6) is 0.274. The van der Waals surface area contributed by atoms with Crippen molar-refractivity contribution in [3.63, 3.8) is 0 Å².